The fraction of sp³-hybridized carbons (Fsp3) is 0.900. The van der Waals surface area contributed by atoms with E-state index in [-0.39, 0.29) is 36.4 Å². The monoisotopic (exact) mass is 402 g/mol. The number of piperidine rings is 1. The van der Waals surface area contributed by atoms with Gasteiger partial charge in [0.15, 0.2) is 0 Å². The number of hydrogen-bond donors (Lipinski definition) is 3. The number of unbranched alkanes of at least 4 members (excludes halogenated alkanes) is 2. The lowest BCUT2D eigenvalue weighted by molar-refractivity contribution is -0.135. The van der Waals surface area contributed by atoms with Crippen molar-refractivity contribution in [1.82, 2.24) is 15.5 Å². The van der Waals surface area contributed by atoms with Gasteiger partial charge in [0.2, 0.25) is 5.91 Å². The number of nitrogens with two attached hydrogens (primary N) is 1. The van der Waals surface area contributed by atoms with Crippen LogP contribution < -0.4 is 16.4 Å². The Kier molecular flexibility index (Phi) is 11.8. The van der Waals surface area contributed by atoms with Crippen LogP contribution >= 0.6 is 12.4 Å². The third kappa shape index (κ3) is 8.69. The Bertz CT molecular complexity index is 442. The summed E-state index contributed by atoms with van der Waals surface area (Å²) in [7, 11) is 0. The van der Waals surface area contributed by atoms with Crippen molar-refractivity contribution < 1.29 is 9.59 Å². The summed E-state index contributed by atoms with van der Waals surface area (Å²) in [5, 5.41) is 6.01. The number of carbonyl (C=O) groups excluding carboxylic acids is 2. The molecule has 2 atom stereocenters. The minimum atomic E-state index is -0.0407. The van der Waals surface area contributed by atoms with Crippen molar-refractivity contribution in [3.8, 4) is 0 Å². The third-order valence-electron chi connectivity index (χ3n) is 5.77. The number of rotatable bonds is 8. The quantitative estimate of drug-likeness (QED) is 0.544. The van der Waals surface area contributed by atoms with Crippen molar-refractivity contribution in [1.29, 1.82) is 0 Å². The van der Waals surface area contributed by atoms with Gasteiger partial charge in [-0.3, -0.25) is 4.79 Å². The first-order valence-electron chi connectivity index (χ1n) is 10.7. The molecule has 1 saturated heterocycles. The molecule has 2 fully saturated rings. The van der Waals surface area contributed by atoms with Crippen LogP contribution in [-0.2, 0) is 4.79 Å². The predicted octanol–water partition coefficient (Wildman–Crippen LogP) is 3.33. The maximum absolute atomic E-state index is 12.5. The topological polar surface area (TPSA) is 87.5 Å². The van der Waals surface area contributed by atoms with Crippen LogP contribution in [0.15, 0.2) is 0 Å². The first-order valence-corrected chi connectivity index (χ1v) is 10.7. The average molecular weight is 403 g/mol. The molecule has 3 amide bonds. The van der Waals surface area contributed by atoms with Gasteiger partial charge in [0.05, 0.1) is 0 Å². The number of amides is 3. The normalized spacial score (nSPS) is 21.9. The highest BCUT2D eigenvalue weighted by Crippen LogP contribution is 2.20. The summed E-state index contributed by atoms with van der Waals surface area (Å²) in [5.74, 6) is 0.245. The standard InChI is InChI=1S/C20H38N4O2.ClH/c1-16(21)18-12-7-9-15-24(18)19(25)13-6-3-8-14-22-20(26)23-17-10-4-2-5-11-17;/h16-18H,2-15,21H2,1H3,(H2,22,23,26);1H. The Morgan fingerprint density at radius 2 is 1.74 bits per heavy atom. The molecule has 158 valence electrons. The molecule has 0 aromatic rings. The largest absolute Gasteiger partial charge is 0.338 e. The van der Waals surface area contributed by atoms with Gasteiger partial charge in [0.25, 0.3) is 0 Å². The van der Waals surface area contributed by atoms with Gasteiger partial charge in [-0.05, 0) is 51.9 Å². The summed E-state index contributed by atoms with van der Waals surface area (Å²) >= 11 is 0. The Hall–Kier alpha value is -1.01. The lowest BCUT2D eigenvalue weighted by atomic mass is 9.96. The van der Waals surface area contributed by atoms with Gasteiger partial charge < -0.3 is 21.3 Å². The van der Waals surface area contributed by atoms with Crippen LogP contribution in [0.5, 0.6) is 0 Å². The van der Waals surface area contributed by atoms with E-state index in [1.807, 2.05) is 11.8 Å². The first-order chi connectivity index (χ1) is 12.6. The van der Waals surface area contributed by atoms with Crippen molar-refractivity contribution in [2.24, 2.45) is 5.73 Å². The highest BCUT2D eigenvalue weighted by Gasteiger charge is 2.28. The molecule has 0 aromatic carbocycles. The van der Waals surface area contributed by atoms with Crippen LogP contribution in [0.25, 0.3) is 0 Å². The maximum Gasteiger partial charge on any atom is 0.315 e. The van der Waals surface area contributed by atoms with E-state index in [2.05, 4.69) is 10.6 Å². The lowest BCUT2D eigenvalue weighted by Crippen LogP contribution is -2.51. The number of nitrogens with one attached hydrogen (secondary N) is 2. The van der Waals surface area contributed by atoms with Gasteiger partial charge in [-0.15, -0.1) is 12.4 Å². The first kappa shape index (κ1) is 24.0. The molecule has 27 heavy (non-hydrogen) atoms. The molecule has 7 heteroatoms. The summed E-state index contributed by atoms with van der Waals surface area (Å²) in [5.41, 5.74) is 6.05. The number of halogens is 1. The van der Waals surface area contributed by atoms with Crippen molar-refractivity contribution in [2.75, 3.05) is 13.1 Å². The van der Waals surface area contributed by atoms with Crippen molar-refractivity contribution in [2.45, 2.75) is 102 Å². The molecule has 1 saturated carbocycles. The van der Waals surface area contributed by atoms with E-state index >= 15 is 0 Å². The zero-order valence-corrected chi connectivity index (χ0v) is 17.7. The molecule has 1 heterocycles. The SMILES string of the molecule is CC(N)C1CCCCN1C(=O)CCCCCNC(=O)NC1CCCCC1.Cl. The van der Waals surface area contributed by atoms with E-state index in [0.717, 1.165) is 51.5 Å². The van der Waals surface area contributed by atoms with E-state index in [4.69, 9.17) is 5.73 Å². The van der Waals surface area contributed by atoms with E-state index in [0.29, 0.717) is 19.0 Å². The average Bonchev–Trinajstić information content (AvgIpc) is 2.65. The fourth-order valence-electron chi connectivity index (χ4n) is 4.22. The Morgan fingerprint density at radius 3 is 2.44 bits per heavy atom. The van der Waals surface area contributed by atoms with Crippen molar-refractivity contribution >= 4 is 24.3 Å². The van der Waals surface area contributed by atoms with Gasteiger partial charge >= 0.3 is 6.03 Å². The van der Waals surface area contributed by atoms with E-state index in [1.54, 1.807) is 0 Å². The summed E-state index contributed by atoms with van der Waals surface area (Å²) in [6, 6.07) is 0.567. The van der Waals surface area contributed by atoms with E-state index in [1.165, 1.54) is 25.7 Å². The van der Waals surface area contributed by atoms with Crippen LogP contribution in [0, 0.1) is 0 Å². The number of nitrogens with zero attached hydrogens (tertiary/aromatic N) is 1. The van der Waals surface area contributed by atoms with Gasteiger partial charge in [-0.2, -0.15) is 0 Å². The van der Waals surface area contributed by atoms with Crippen LogP contribution in [0.2, 0.25) is 0 Å². The lowest BCUT2D eigenvalue weighted by Gasteiger charge is -2.38. The summed E-state index contributed by atoms with van der Waals surface area (Å²) < 4.78 is 0. The molecule has 0 spiro atoms. The number of urea groups is 1. The minimum Gasteiger partial charge on any atom is -0.338 e. The predicted molar refractivity (Wildman–Crippen MR) is 112 cm³/mol. The zero-order valence-electron chi connectivity index (χ0n) is 16.9. The Morgan fingerprint density at radius 1 is 1.04 bits per heavy atom. The summed E-state index contributed by atoms with van der Waals surface area (Å²) in [4.78, 5) is 26.3. The molecule has 2 unspecified atom stereocenters. The summed E-state index contributed by atoms with van der Waals surface area (Å²) in [6.07, 6.45) is 12.6. The number of likely N-dealkylation sites (tertiary alicyclic amines) is 1. The highest BCUT2D eigenvalue weighted by molar-refractivity contribution is 5.85. The van der Waals surface area contributed by atoms with E-state index in [9.17, 15) is 9.59 Å². The second-order valence-corrected chi connectivity index (χ2v) is 8.06. The molecular formula is C20H39ClN4O2. The molecular weight excluding hydrogens is 364 g/mol. The second-order valence-electron chi connectivity index (χ2n) is 8.06. The number of hydrogen-bond acceptors (Lipinski definition) is 3. The van der Waals surface area contributed by atoms with Gasteiger partial charge in [0, 0.05) is 37.6 Å². The smallest absolute Gasteiger partial charge is 0.315 e. The molecule has 2 rings (SSSR count). The molecule has 1 aliphatic carbocycles. The van der Waals surface area contributed by atoms with Crippen LogP contribution in [-0.4, -0.2) is 48.1 Å². The molecule has 6 nitrogen and oxygen atoms in total. The van der Waals surface area contributed by atoms with Gasteiger partial charge in [0.1, 0.15) is 0 Å². The third-order valence-corrected chi connectivity index (χ3v) is 5.77. The molecule has 0 radical (unpaired) electrons. The molecule has 4 N–H and O–H groups in total. The zero-order chi connectivity index (χ0) is 18.8. The molecule has 0 aromatic heterocycles. The summed E-state index contributed by atoms with van der Waals surface area (Å²) in [6.45, 7) is 3.53. The Labute approximate surface area is 170 Å². The van der Waals surface area contributed by atoms with Gasteiger partial charge in [-0.1, -0.05) is 25.7 Å². The molecule has 1 aliphatic heterocycles. The van der Waals surface area contributed by atoms with Crippen LogP contribution in [0.3, 0.4) is 0 Å². The fourth-order valence-corrected chi connectivity index (χ4v) is 4.22. The van der Waals surface area contributed by atoms with Crippen molar-refractivity contribution in [3.63, 3.8) is 0 Å². The maximum atomic E-state index is 12.5. The van der Waals surface area contributed by atoms with E-state index < -0.39 is 0 Å². The van der Waals surface area contributed by atoms with Crippen LogP contribution in [0.1, 0.15) is 84.0 Å². The van der Waals surface area contributed by atoms with Gasteiger partial charge in [-0.25, -0.2) is 4.79 Å². The molecule has 2 aliphatic rings. The van der Waals surface area contributed by atoms with Crippen molar-refractivity contribution in [3.05, 3.63) is 0 Å². The minimum absolute atomic E-state index is 0. The molecule has 0 bridgehead atoms. The Balaban J connectivity index is 0.00000364. The second kappa shape index (κ2) is 13.2. The van der Waals surface area contributed by atoms with Crippen LogP contribution in [0.4, 0.5) is 4.79 Å². The highest BCUT2D eigenvalue weighted by atomic mass is 35.5. The number of carbonyl (C=O) groups is 2.